The Labute approximate surface area is 95.7 Å². The normalized spacial score (nSPS) is 9.94. The van der Waals surface area contributed by atoms with Gasteiger partial charge in [0.2, 0.25) is 5.91 Å². The molecule has 0 fully saturated rings. The van der Waals surface area contributed by atoms with Gasteiger partial charge in [-0.15, -0.1) is 0 Å². The van der Waals surface area contributed by atoms with E-state index in [1.165, 1.54) is 0 Å². The predicted octanol–water partition coefficient (Wildman–Crippen LogP) is 0.825. The van der Waals surface area contributed by atoms with Crippen LogP contribution in [0.4, 0.5) is 11.5 Å². The highest BCUT2D eigenvalue weighted by Crippen LogP contribution is 2.13. The highest BCUT2D eigenvalue weighted by Gasteiger charge is 2.04. The van der Waals surface area contributed by atoms with Crippen molar-refractivity contribution in [1.82, 2.24) is 4.98 Å². The van der Waals surface area contributed by atoms with Crippen LogP contribution in [0.5, 0.6) is 0 Å². The topological polar surface area (TPSA) is 71.2 Å². The zero-order chi connectivity index (χ0) is 12.0. The first kappa shape index (κ1) is 12.4. The van der Waals surface area contributed by atoms with Crippen molar-refractivity contribution in [3.05, 3.63) is 18.3 Å². The molecule has 0 aromatic carbocycles. The van der Waals surface area contributed by atoms with Gasteiger partial charge in [0.05, 0.1) is 18.4 Å². The molecular formula is C11H18N4O. The minimum atomic E-state index is -0.211. The number of amides is 1. The smallest absolute Gasteiger partial charge is 0.238 e. The number of hydrogen-bond donors (Lipinski definition) is 2. The van der Waals surface area contributed by atoms with E-state index in [1.807, 2.05) is 12.1 Å². The Kier molecular flexibility index (Phi) is 4.72. The van der Waals surface area contributed by atoms with Crippen molar-refractivity contribution in [3.8, 4) is 0 Å². The summed E-state index contributed by atoms with van der Waals surface area (Å²) in [5.74, 6) is 0.702. The Balaban J connectivity index is 2.70. The Hall–Kier alpha value is -1.62. The molecule has 0 atom stereocenters. The summed E-state index contributed by atoms with van der Waals surface area (Å²) in [7, 11) is 0. The van der Waals surface area contributed by atoms with Crippen molar-refractivity contribution < 1.29 is 4.79 Å². The maximum absolute atomic E-state index is 11.0. The molecule has 1 aromatic rings. The molecule has 1 aromatic heterocycles. The van der Waals surface area contributed by atoms with E-state index in [0.717, 1.165) is 18.9 Å². The summed E-state index contributed by atoms with van der Waals surface area (Å²) < 4.78 is 0. The highest BCUT2D eigenvalue weighted by molar-refractivity contribution is 5.91. The summed E-state index contributed by atoms with van der Waals surface area (Å²) in [6.45, 7) is 5.97. The fourth-order valence-electron chi connectivity index (χ4n) is 1.41. The first-order chi connectivity index (χ1) is 7.71. The van der Waals surface area contributed by atoms with Crippen molar-refractivity contribution >= 4 is 17.4 Å². The number of nitrogens with one attached hydrogen (secondary N) is 1. The minimum absolute atomic E-state index is 0.0161. The number of aromatic nitrogens is 1. The van der Waals surface area contributed by atoms with Crippen LogP contribution in [0.2, 0.25) is 0 Å². The lowest BCUT2D eigenvalue weighted by atomic mass is 10.3. The van der Waals surface area contributed by atoms with Gasteiger partial charge in [-0.3, -0.25) is 4.79 Å². The van der Waals surface area contributed by atoms with E-state index < -0.39 is 0 Å². The lowest BCUT2D eigenvalue weighted by Crippen LogP contribution is -2.24. The maximum Gasteiger partial charge on any atom is 0.238 e. The fraction of sp³-hybridized carbons (Fsp3) is 0.455. The molecule has 0 bridgehead atoms. The van der Waals surface area contributed by atoms with Crippen molar-refractivity contribution in [3.63, 3.8) is 0 Å². The van der Waals surface area contributed by atoms with E-state index >= 15 is 0 Å². The maximum atomic E-state index is 11.0. The average Bonchev–Trinajstić information content (AvgIpc) is 2.32. The first-order valence-corrected chi connectivity index (χ1v) is 5.42. The summed E-state index contributed by atoms with van der Waals surface area (Å²) >= 11 is 0. The number of pyridine rings is 1. The Morgan fingerprint density at radius 2 is 2.12 bits per heavy atom. The van der Waals surface area contributed by atoms with Crippen LogP contribution in [0.15, 0.2) is 18.3 Å². The van der Waals surface area contributed by atoms with Crippen LogP contribution in [0.25, 0.3) is 0 Å². The van der Waals surface area contributed by atoms with Gasteiger partial charge in [0.25, 0.3) is 0 Å². The standard InChI is InChI=1S/C11H18N4O/c1-3-15(4-2)10-6-5-9(8-13-10)14-11(16)7-12/h5-6,8H,3-4,7,12H2,1-2H3,(H,14,16). The number of carbonyl (C=O) groups is 1. The summed E-state index contributed by atoms with van der Waals surface area (Å²) in [6, 6.07) is 3.72. The van der Waals surface area contributed by atoms with Gasteiger partial charge in [0.1, 0.15) is 5.82 Å². The lowest BCUT2D eigenvalue weighted by molar-refractivity contribution is -0.114. The zero-order valence-electron chi connectivity index (χ0n) is 9.73. The molecule has 0 aliphatic carbocycles. The summed E-state index contributed by atoms with van der Waals surface area (Å²) in [4.78, 5) is 17.4. The van der Waals surface area contributed by atoms with Crippen LogP contribution >= 0.6 is 0 Å². The van der Waals surface area contributed by atoms with Crippen LogP contribution in [-0.4, -0.2) is 30.5 Å². The van der Waals surface area contributed by atoms with Gasteiger partial charge in [0.15, 0.2) is 0 Å². The predicted molar refractivity (Wildman–Crippen MR) is 65.5 cm³/mol. The molecule has 0 unspecified atom stereocenters. The molecule has 0 aliphatic heterocycles. The van der Waals surface area contributed by atoms with Gasteiger partial charge < -0.3 is 16.0 Å². The molecular weight excluding hydrogens is 204 g/mol. The second-order valence-electron chi connectivity index (χ2n) is 3.33. The number of anilines is 2. The first-order valence-electron chi connectivity index (χ1n) is 5.42. The third-order valence-electron chi connectivity index (χ3n) is 2.30. The fourth-order valence-corrected chi connectivity index (χ4v) is 1.41. The number of rotatable bonds is 5. The van der Waals surface area contributed by atoms with Crippen molar-refractivity contribution in [2.24, 2.45) is 5.73 Å². The van der Waals surface area contributed by atoms with Gasteiger partial charge in [-0.05, 0) is 26.0 Å². The summed E-state index contributed by atoms with van der Waals surface area (Å²) in [5, 5.41) is 2.65. The Morgan fingerprint density at radius 3 is 2.56 bits per heavy atom. The Bertz CT molecular complexity index is 332. The molecule has 0 aliphatic rings. The van der Waals surface area contributed by atoms with Crippen molar-refractivity contribution in [2.75, 3.05) is 29.9 Å². The molecule has 0 saturated heterocycles. The van der Waals surface area contributed by atoms with Gasteiger partial charge in [-0.2, -0.15) is 0 Å². The van der Waals surface area contributed by atoms with Crippen molar-refractivity contribution in [2.45, 2.75) is 13.8 Å². The third-order valence-corrected chi connectivity index (χ3v) is 2.30. The quantitative estimate of drug-likeness (QED) is 0.774. The van der Waals surface area contributed by atoms with Crippen LogP contribution in [0, 0.1) is 0 Å². The lowest BCUT2D eigenvalue weighted by Gasteiger charge is -2.19. The molecule has 88 valence electrons. The van der Waals surface area contributed by atoms with Crippen LogP contribution in [-0.2, 0) is 4.79 Å². The number of nitrogens with two attached hydrogens (primary N) is 1. The second kappa shape index (κ2) is 6.07. The number of hydrogen-bond acceptors (Lipinski definition) is 4. The summed E-state index contributed by atoms with van der Waals surface area (Å²) in [5.41, 5.74) is 5.87. The SMILES string of the molecule is CCN(CC)c1ccc(NC(=O)CN)cn1. The van der Waals surface area contributed by atoms with E-state index in [0.29, 0.717) is 5.69 Å². The number of carbonyl (C=O) groups excluding carboxylic acids is 1. The molecule has 1 rings (SSSR count). The van der Waals surface area contributed by atoms with E-state index in [1.54, 1.807) is 6.20 Å². The van der Waals surface area contributed by atoms with Gasteiger partial charge in [0, 0.05) is 13.1 Å². The van der Waals surface area contributed by atoms with Crippen LogP contribution < -0.4 is 16.0 Å². The monoisotopic (exact) mass is 222 g/mol. The molecule has 1 amide bonds. The third kappa shape index (κ3) is 3.20. The van der Waals surface area contributed by atoms with E-state index in [2.05, 4.69) is 29.0 Å². The van der Waals surface area contributed by atoms with Gasteiger partial charge in [-0.25, -0.2) is 4.98 Å². The van der Waals surface area contributed by atoms with E-state index in [9.17, 15) is 4.79 Å². The molecule has 1 heterocycles. The molecule has 5 heteroatoms. The van der Waals surface area contributed by atoms with E-state index in [4.69, 9.17) is 5.73 Å². The van der Waals surface area contributed by atoms with Crippen LogP contribution in [0.1, 0.15) is 13.8 Å². The van der Waals surface area contributed by atoms with Gasteiger partial charge in [-0.1, -0.05) is 0 Å². The molecule has 3 N–H and O–H groups in total. The van der Waals surface area contributed by atoms with Crippen LogP contribution in [0.3, 0.4) is 0 Å². The molecule has 16 heavy (non-hydrogen) atoms. The molecule has 5 nitrogen and oxygen atoms in total. The second-order valence-corrected chi connectivity index (χ2v) is 3.33. The zero-order valence-corrected chi connectivity index (χ0v) is 9.73. The largest absolute Gasteiger partial charge is 0.357 e. The molecule has 0 radical (unpaired) electrons. The average molecular weight is 222 g/mol. The van der Waals surface area contributed by atoms with Crippen molar-refractivity contribution in [1.29, 1.82) is 0 Å². The summed E-state index contributed by atoms with van der Waals surface area (Å²) in [6.07, 6.45) is 1.64. The molecule has 0 saturated carbocycles. The Morgan fingerprint density at radius 1 is 1.44 bits per heavy atom. The van der Waals surface area contributed by atoms with Gasteiger partial charge >= 0.3 is 0 Å². The van der Waals surface area contributed by atoms with E-state index in [-0.39, 0.29) is 12.5 Å². The highest BCUT2D eigenvalue weighted by atomic mass is 16.1. The minimum Gasteiger partial charge on any atom is -0.357 e. The number of nitrogens with zero attached hydrogens (tertiary/aromatic N) is 2. The molecule has 0 spiro atoms.